The zero-order valence-electron chi connectivity index (χ0n) is 10.1. The van der Waals surface area contributed by atoms with Crippen molar-refractivity contribution in [1.29, 1.82) is 0 Å². The summed E-state index contributed by atoms with van der Waals surface area (Å²) in [6.07, 6.45) is 1.94. The maximum absolute atomic E-state index is 12.1. The van der Waals surface area contributed by atoms with Crippen LogP contribution < -0.4 is 5.32 Å². The van der Waals surface area contributed by atoms with E-state index in [-0.39, 0.29) is 17.7 Å². The molecule has 0 spiro atoms. The number of nitro groups is 1. The van der Waals surface area contributed by atoms with Crippen LogP contribution in [0.15, 0.2) is 16.5 Å². The molecule has 0 aliphatic carbocycles. The topological polar surface area (TPSA) is 88.6 Å². The van der Waals surface area contributed by atoms with E-state index in [4.69, 9.17) is 4.42 Å². The zero-order valence-corrected chi connectivity index (χ0v) is 10.1. The molecule has 0 saturated carbocycles. The highest BCUT2D eigenvalue weighted by molar-refractivity contribution is 5.91. The summed E-state index contributed by atoms with van der Waals surface area (Å²) >= 11 is 0. The zero-order chi connectivity index (χ0) is 13.1. The third-order valence-electron chi connectivity index (χ3n) is 3.12. The summed E-state index contributed by atoms with van der Waals surface area (Å²) in [6, 6.07) is 2.64. The van der Waals surface area contributed by atoms with E-state index in [1.54, 1.807) is 11.9 Å². The van der Waals surface area contributed by atoms with E-state index < -0.39 is 10.8 Å². The molecule has 1 aliphatic heterocycles. The molecule has 2 heterocycles. The van der Waals surface area contributed by atoms with Crippen LogP contribution in [-0.4, -0.2) is 41.9 Å². The molecular weight excluding hydrogens is 238 g/mol. The van der Waals surface area contributed by atoms with E-state index >= 15 is 0 Å². The molecule has 1 amide bonds. The van der Waals surface area contributed by atoms with Gasteiger partial charge >= 0.3 is 5.88 Å². The molecule has 7 heteroatoms. The number of hydrogen-bond acceptors (Lipinski definition) is 5. The minimum Gasteiger partial charge on any atom is -0.395 e. The Kier molecular flexibility index (Phi) is 3.61. The first-order valence-corrected chi connectivity index (χ1v) is 5.81. The van der Waals surface area contributed by atoms with Gasteiger partial charge in [-0.05, 0) is 25.5 Å². The van der Waals surface area contributed by atoms with Gasteiger partial charge in [-0.1, -0.05) is 0 Å². The number of piperidine rings is 1. The summed E-state index contributed by atoms with van der Waals surface area (Å²) in [5.41, 5.74) is 0. The molecule has 2 rings (SSSR count). The predicted molar refractivity (Wildman–Crippen MR) is 63.3 cm³/mol. The Morgan fingerprint density at radius 3 is 2.94 bits per heavy atom. The van der Waals surface area contributed by atoms with Crippen molar-refractivity contribution in [2.24, 2.45) is 0 Å². The summed E-state index contributed by atoms with van der Waals surface area (Å²) in [4.78, 5) is 23.5. The molecule has 1 aromatic rings. The molecule has 18 heavy (non-hydrogen) atoms. The van der Waals surface area contributed by atoms with Gasteiger partial charge in [-0.25, -0.2) is 0 Å². The smallest absolute Gasteiger partial charge is 0.395 e. The molecule has 7 nitrogen and oxygen atoms in total. The quantitative estimate of drug-likeness (QED) is 0.641. The van der Waals surface area contributed by atoms with Crippen LogP contribution in [0.3, 0.4) is 0 Å². The Bertz CT molecular complexity index is 451. The summed E-state index contributed by atoms with van der Waals surface area (Å²) in [6.45, 7) is 1.70. The number of nitrogens with zero attached hydrogens (tertiary/aromatic N) is 2. The fourth-order valence-corrected chi connectivity index (χ4v) is 2.04. The fraction of sp³-hybridized carbons (Fsp3) is 0.545. The van der Waals surface area contributed by atoms with Crippen LogP contribution in [0, 0.1) is 10.1 Å². The summed E-state index contributed by atoms with van der Waals surface area (Å²) in [7, 11) is 1.69. The SMILES string of the molecule is CN(C(=O)c1ccc([N+](=O)[O-])o1)C1CCCNC1. The average molecular weight is 253 g/mol. The summed E-state index contributed by atoms with van der Waals surface area (Å²) < 4.78 is 4.91. The van der Waals surface area contributed by atoms with Crippen LogP contribution in [0.2, 0.25) is 0 Å². The van der Waals surface area contributed by atoms with E-state index in [1.807, 2.05) is 0 Å². The Morgan fingerprint density at radius 1 is 1.61 bits per heavy atom. The number of hydrogen-bond donors (Lipinski definition) is 1. The number of likely N-dealkylation sites (N-methyl/N-ethyl adjacent to an activating group) is 1. The van der Waals surface area contributed by atoms with E-state index in [1.165, 1.54) is 12.1 Å². The van der Waals surface area contributed by atoms with Gasteiger partial charge in [0.05, 0.1) is 6.07 Å². The van der Waals surface area contributed by atoms with Crippen molar-refractivity contribution < 1.29 is 14.1 Å². The van der Waals surface area contributed by atoms with Crippen molar-refractivity contribution in [2.45, 2.75) is 18.9 Å². The molecule has 1 fully saturated rings. The number of rotatable bonds is 3. The monoisotopic (exact) mass is 253 g/mol. The van der Waals surface area contributed by atoms with Gasteiger partial charge in [0.25, 0.3) is 5.91 Å². The lowest BCUT2D eigenvalue weighted by molar-refractivity contribution is -0.402. The molecule has 0 bridgehead atoms. The largest absolute Gasteiger partial charge is 0.433 e. The lowest BCUT2D eigenvalue weighted by Crippen LogP contribution is -2.46. The number of carbonyl (C=O) groups is 1. The van der Waals surface area contributed by atoms with Crippen molar-refractivity contribution in [2.75, 3.05) is 20.1 Å². The maximum atomic E-state index is 12.1. The number of amides is 1. The van der Waals surface area contributed by atoms with Gasteiger partial charge in [-0.2, -0.15) is 0 Å². The maximum Gasteiger partial charge on any atom is 0.433 e. The Hall–Kier alpha value is -1.89. The number of furan rings is 1. The normalized spacial score (nSPS) is 19.5. The first kappa shape index (κ1) is 12.6. The number of carbonyl (C=O) groups excluding carboxylic acids is 1. The van der Waals surface area contributed by atoms with Gasteiger partial charge in [-0.3, -0.25) is 14.9 Å². The molecule has 1 saturated heterocycles. The van der Waals surface area contributed by atoms with Crippen LogP contribution >= 0.6 is 0 Å². The summed E-state index contributed by atoms with van der Waals surface area (Å²) in [5, 5.41) is 13.7. The van der Waals surface area contributed by atoms with Crippen molar-refractivity contribution in [3.8, 4) is 0 Å². The van der Waals surface area contributed by atoms with E-state index in [0.717, 1.165) is 25.9 Å². The molecule has 1 unspecified atom stereocenters. The van der Waals surface area contributed by atoms with Crippen LogP contribution in [0.5, 0.6) is 0 Å². The lowest BCUT2D eigenvalue weighted by atomic mass is 10.1. The van der Waals surface area contributed by atoms with Gasteiger partial charge in [-0.15, -0.1) is 0 Å². The second-order valence-electron chi connectivity index (χ2n) is 4.31. The second-order valence-corrected chi connectivity index (χ2v) is 4.31. The molecule has 1 aromatic heterocycles. The van der Waals surface area contributed by atoms with Gasteiger partial charge in [0.15, 0.2) is 5.76 Å². The van der Waals surface area contributed by atoms with E-state index in [9.17, 15) is 14.9 Å². The van der Waals surface area contributed by atoms with Gasteiger partial charge in [0, 0.05) is 19.6 Å². The van der Waals surface area contributed by atoms with Crippen LogP contribution in [-0.2, 0) is 0 Å². The first-order valence-electron chi connectivity index (χ1n) is 5.81. The predicted octanol–water partition coefficient (Wildman–Crippen LogP) is 1.01. The average Bonchev–Trinajstić information content (AvgIpc) is 2.88. The van der Waals surface area contributed by atoms with E-state index in [2.05, 4.69) is 5.32 Å². The van der Waals surface area contributed by atoms with Crippen molar-refractivity contribution in [3.05, 3.63) is 28.0 Å². The summed E-state index contributed by atoms with van der Waals surface area (Å²) in [5.74, 6) is -0.722. The van der Waals surface area contributed by atoms with E-state index in [0.29, 0.717) is 0 Å². The van der Waals surface area contributed by atoms with Gasteiger partial charge < -0.3 is 14.6 Å². The highest BCUT2D eigenvalue weighted by Crippen LogP contribution is 2.18. The standard InChI is InChI=1S/C11H15N3O4/c1-13(8-3-2-6-12-7-8)11(15)9-4-5-10(18-9)14(16)17/h4-5,8,12H,2-3,6-7H2,1H3. The molecule has 0 radical (unpaired) electrons. The van der Waals surface area contributed by atoms with Crippen molar-refractivity contribution in [1.82, 2.24) is 10.2 Å². The van der Waals surface area contributed by atoms with Gasteiger partial charge in [0.1, 0.15) is 4.92 Å². The molecular formula is C11H15N3O4. The third kappa shape index (κ3) is 2.51. The number of nitrogens with one attached hydrogen (secondary N) is 1. The third-order valence-corrected chi connectivity index (χ3v) is 3.12. The molecule has 98 valence electrons. The fourth-order valence-electron chi connectivity index (χ4n) is 2.04. The minimum atomic E-state index is -0.654. The van der Waals surface area contributed by atoms with Gasteiger partial charge in [0.2, 0.25) is 0 Å². The van der Waals surface area contributed by atoms with Crippen LogP contribution in [0.25, 0.3) is 0 Å². The molecule has 0 aromatic carbocycles. The van der Waals surface area contributed by atoms with Crippen molar-refractivity contribution >= 4 is 11.8 Å². The highest BCUT2D eigenvalue weighted by Gasteiger charge is 2.26. The van der Waals surface area contributed by atoms with Crippen LogP contribution in [0.1, 0.15) is 23.4 Å². The Morgan fingerprint density at radius 2 is 2.39 bits per heavy atom. The lowest BCUT2D eigenvalue weighted by Gasteiger charge is -2.31. The Labute approximate surface area is 104 Å². The van der Waals surface area contributed by atoms with Crippen LogP contribution in [0.4, 0.5) is 5.88 Å². The molecule has 1 N–H and O–H groups in total. The minimum absolute atomic E-state index is 0.00905. The van der Waals surface area contributed by atoms with Crippen molar-refractivity contribution in [3.63, 3.8) is 0 Å². The first-order chi connectivity index (χ1) is 8.59. The molecule has 1 aliphatic rings. The highest BCUT2D eigenvalue weighted by atomic mass is 16.6. The Balaban J connectivity index is 2.07. The second kappa shape index (κ2) is 5.18. The molecule has 1 atom stereocenters.